The number of H-pyrrole nitrogens is 1. The number of anilines is 1. The van der Waals surface area contributed by atoms with Gasteiger partial charge in [0.25, 0.3) is 0 Å². The van der Waals surface area contributed by atoms with Crippen molar-refractivity contribution in [2.75, 3.05) is 25.0 Å². The average Bonchev–Trinajstić information content (AvgIpc) is 3.44. The summed E-state index contributed by atoms with van der Waals surface area (Å²) in [4.78, 5) is 17.4. The quantitative estimate of drug-likeness (QED) is 0.653. The first-order chi connectivity index (χ1) is 14.2. The number of nitriles is 1. The number of aromatic amines is 1. The number of hydrogen-bond donors (Lipinski definition) is 2. The summed E-state index contributed by atoms with van der Waals surface area (Å²) in [5.74, 6) is 0.750. The summed E-state index contributed by atoms with van der Waals surface area (Å²) in [6, 6.07) is 14.5. The van der Waals surface area contributed by atoms with E-state index in [1.165, 1.54) is 22.9 Å². The maximum absolute atomic E-state index is 11.5. The maximum atomic E-state index is 11.5. The van der Waals surface area contributed by atoms with Gasteiger partial charge in [-0.15, -0.1) is 12.4 Å². The second kappa shape index (κ2) is 8.51. The van der Waals surface area contributed by atoms with Crippen molar-refractivity contribution >= 4 is 34.9 Å². The van der Waals surface area contributed by atoms with Crippen LogP contribution in [0.2, 0.25) is 0 Å². The summed E-state index contributed by atoms with van der Waals surface area (Å²) in [6.45, 7) is 3.32. The molecule has 0 spiro atoms. The molecular formula is C24H25ClN4O. The van der Waals surface area contributed by atoms with E-state index in [-0.39, 0.29) is 18.3 Å². The van der Waals surface area contributed by atoms with Gasteiger partial charge in [0.1, 0.15) is 0 Å². The van der Waals surface area contributed by atoms with Crippen molar-refractivity contribution in [1.29, 1.82) is 5.26 Å². The monoisotopic (exact) mass is 420 g/mol. The molecule has 0 aliphatic carbocycles. The van der Waals surface area contributed by atoms with Crippen molar-refractivity contribution in [3.63, 3.8) is 0 Å². The number of benzene rings is 2. The number of rotatable bonds is 5. The fourth-order valence-corrected chi connectivity index (χ4v) is 4.74. The topological polar surface area (TPSA) is 71.9 Å². The standard InChI is InChI=1S/C24H24N4O.ClH/c25-13-17-2-4-23-21(11-17)20(14-26-23)10-18-6-8-28(15-18)7-5-16-1-3-22-19(9-16)12-24(29)27-22;/h1-4,9,11,14,18,26H,5-8,10,12,15H2,(H,27,29);1H. The molecule has 5 nitrogen and oxygen atoms in total. The Morgan fingerprint density at radius 1 is 1.20 bits per heavy atom. The van der Waals surface area contributed by atoms with Crippen molar-refractivity contribution in [2.45, 2.75) is 25.7 Å². The van der Waals surface area contributed by atoms with Crippen molar-refractivity contribution in [3.8, 4) is 6.07 Å². The summed E-state index contributed by atoms with van der Waals surface area (Å²) < 4.78 is 0. The molecule has 0 radical (unpaired) electrons. The molecule has 30 heavy (non-hydrogen) atoms. The van der Waals surface area contributed by atoms with Gasteiger partial charge in [-0.05, 0) is 72.7 Å². The van der Waals surface area contributed by atoms with Gasteiger partial charge in [-0.2, -0.15) is 5.26 Å². The molecule has 154 valence electrons. The molecule has 2 aliphatic rings. The van der Waals surface area contributed by atoms with Gasteiger partial charge < -0.3 is 15.2 Å². The van der Waals surface area contributed by atoms with E-state index in [2.05, 4.69) is 39.6 Å². The van der Waals surface area contributed by atoms with E-state index >= 15 is 0 Å². The summed E-state index contributed by atoms with van der Waals surface area (Å²) in [7, 11) is 0. The Morgan fingerprint density at radius 3 is 2.97 bits per heavy atom. The molecule has 1 saturated heterocycles. The highest BCUT2D eigenvalue weighted by Crippen LogP contribution is 2.27. The molecule has 6 heteroatoms. The van der Waals surface area contributed by atoms with E-state index in [1.807, 2.05) is 24.3 Å². The van der Waals surface area contributed by atoms with E-state index < -0.39 is 0 Å². The minimum absolute atomic E-state index is 0. The summed E-state index contributed by atoms with van der Waals surface area (Å²) in [5.41, 5.74) is 6.56. The zero-order chi connectivity index (χ0) is 19.8. The first-order valence-electron chi connectivity index (χ1n) is 10.3. The van der Waals surface area contributed by atoms with Crippen LogP contribution in [0.5, 0.6) is 0 Å². The molecule has 1 amide bonds. The molecule has 3 heterocycles. The van der Waals surface area contributed by atoms with Gasteiger partial charge in [0, 0.05) is 35.9 Å². The highest BCUT2D eigenvalue weighted by Gasteiger charge is 2.24. The van der Waals surface area contributed by atoms with Crippen LogP contribution in [-0.2, 0) is 24.1 Å². The zero-order valence-corrected chi connectivity index (χ0v) is 17.6. The van der Waals surface area contributed by atoms with Gasteiger partial charge >= 0.3 is 0 Å². The number of fused-ring (bicyclic) bond motifs is 2. The Balaban J connectivity index is 0.00000218. The molecule has 1 aromatic heterocycles. The lowest BCUT2D eigenvalue weighted by Crippen LogP contribution is -2.23. The minimum Gasteiger partial charge on any atom is -0.361 e. The Bertz CT molecular complexity index is 1130. The third-order valence-electron chi connectivity index (χ3n) is 6.29. The number of amides is 1. The highest BCUT2D eigenvalue weighted by atomic mass is 35.5. The molecule has 0 saturated carbocycles. The molecule has 1 unspecified atom stereocenters. The van der Waals surface area contributed by atoms with E-state index in [4.69, 9.17) is 0 Å². The van der Waals surface area contributed by atoms with Gasteiger partial charge in [0.2, 0.25) is 5.91 Å². The third-order valence-corrected chi connectivity index (χ3v) is 6.29. The molecule has 1 atom stereocenters. The summed E-state index contributed by atoms with van der Waals surface area (Å²) in [6.07, 6.45) is 5.90. The molecular weight excluding hydrogens is 396 g/mol. The lowest BCUT2D eigenvalue weighted by molar-refractivity contribution is -0.115. The average molecular weight is 421 g/mol. The summed E-state index contributed by atoms with van der Waals surface area (Å²) in [5, 5.41) is 13.3. The molecule has 3 aromatic rings. The second-order valence-corrected chi connectivity index (χ2v) is 8.31. The van der Waals surface area contributed by atoms with Gasteiger partial charge in [0.05, 0.1) is 18.1 Å². The predicted molar refractivity (Wildman–Crippen MR) is 121 cm³/mol. The van der Waals surface area contributed by atoms with Gasteiger partial charge in [-0.1, -0.05) is 12.1 Å². The van der Waals surface area contributed by atoms with Crippen molar-refractivity contribution in [2.24, 2.45) is 5.92 Å². The van der Waals surface area contributed by atoms with Gasteiger partial charge in [-0.25, -0.2) is 0 Å². The molecule has 2 aromatic carbocycles. The number of nitrogens with one attached hydrogen (secondary N) is 2. The van der Waals surface area contributed by atoms with Crippen LogP contribution in [0.4, 0.5) is 5.69 Å². The van der Waals surface area contributed by atoms with Crippen LogP contribution in [0.3, 0.4) is 0 Å². The second-order valence-electron chi connectivity index (χ2n) is 8.31. The fraction of sp³-hybridized carbons (Fsp3) is 0.333. The van der Waals surface area contributed by atoms with Crippen LogP contribution in [0.25, 0.3) is 10.9 Å². The molecule has 0 bridgehead atoms. The van der Waals surface area contributed by atoms with Gasteiger partial charge in [0.15, 0.2) is 0 Å². The normalized spacial score (nSPS) is 18.1. The molecule has 1 fully saturated rings. The number of nitrogens with zero attached hydrogens (tertiary/aromatic N) is 2. The van der Waals surface area contributed by atoms with Crippen LogP contribution < -0.4 is 5.32 Å². The minimum atomic E-state index is 0. The van der Waals surface area contributed by atoms with Crippen molar-refractivity contribution in [1.82, 2.24) is 9.88 Å². The van der Waals surface area contributed by atoms with E-state index in [1.54, 1.807) is 0 Å². The first kappa shape index (κ1) is 20.5. The Kier molecular flexibility index (Phi) is 5.80. The highest BCUT2D eigenvalue weighted by molar-refractivity contribution is 5.99. The van der Waals surface area contributed by atoms with Crippen molar-refractivity contribution < 1.29 is 4.79 Å². The molecule has 5 rings (SSSR count). The number of hydrogen-bond acceptors (Lipinski definition) is 3. The Labute approximate surface area is 182 Å². The van der Waals surface area contributed by atoms with Crippen LogP contribution in [-0.4, -0.2) is 35.4 Å². The van der Waals surface area contributed by atoms with Crippen LogP contribution >= 0.6 is 12.4 Å². The van der Waals surface area contributed by atoms with E-state index in [9.17, 15) is 10.1 Å². The number of halogens is 1. The SMILES string of the molecule is Cl.N#Cc1ccc2[nH]cc(CC3CCN(CCc4ccc5c(c4)CC(=O)N5)C3)c2c1. The number of aromatic nitrogens is 1. The van der Waals surface area contributed by atoms with E-state index in [0.29, 0.717) is 12.3 Å². The smallest absolute Gasteiger partial charge is 0.228 e. The predicted octanol–water partition coefficient (Wildman–Crippen LogP) is 4.06. The lowest BCUT2D eigenvalue weighted by atomic mass is 9.98. The summed E-state index contributed by atoms with van der Waals surface area (Å²) >= 11 is 0. The maximum Gasteiger partial charge on any atom is 0.228 e. The van der Waals surface area contributed by atoms with Crippen LogP contribution in [0.1, 0.15) is 28.7 Å². The van der Waals surface area contributed by atoms with Crippen LogP contribution in [0, 0.1) is 17.2 Å². The lowest BCUT2D eigenvalue weighted by Gasteiger charge is -2.16. The number of likely N-dealkylation sites (tertiary alicyclic amines) is 1. The molecule has 2 N–H and O–H groups in total. The number of carbonyl (C=O) groups is 1. The Hall–Kier alpha value is -2.81. The van der Waals surface area contributed by atoms with E-state index in [0.717, 1.165) is 54.8 Å². The zero-order valence-electron chi connectivity index (χ0n) is 16.8. The fourth-order valence-electron chi connectivity index (χ4n) is 4.74. The number of carbonyl (C=O) groups excluding carboxylic acids is 1. The van der Waals surface area contributed by atoms with Crippen LogP contribution in [0.15, 0.2) is 42.6 Å². The first-order valence-corrected chi connectivity index (χ1v) is 10.3. The molecule has 2 aliphatic heterocycles. The van der Waals surface area contributed by atoms with Crippen molar-refractivity contribution in [3.05, 3.63) is 64.8 Å². The largest absolute Gasteiger partial charge is 0.361 e. The third kappa shape index (κ3) is 4.07. The Morgan fingerprint density at radius 2 is 2.10 bits per heavy atom. The van der Waals surface area contributed by atoms with Gasteiger partial charge in [-0.3, -0.25) is 4.79 Å².